The van der Waals surface area contributed by atoms with Gasteiger partial charge in [-0.25, -0.2) is 15.0 Å². The van der Waals surface area contributed by atoms with Gasteiger partial charge in [0, 0.05) is 16.3 Å². The van der Waals surface area contributed by atoms with Gasteiger partial charge in [-0.2, -0.15) is 0 Å². The molecule has 1 aliphatic heterocycles. The van der Waals surface area contributed by atoms with Gasteiger partial charge in [-0.15, -0.1) is 11.3 Å². The molecule has 0 bridgehead atoms. The number of rotatable bonds is 6. The summed E-state index contributed by atoms with van der Waals surface area (Å²) in [5, 5.41) is 37.0. The minimum absolute atomic E-state index is 0.397. The zero-order chi connectivity index (χ0) is 21.5. The van der Waals surface area contributed by atoms with Gasteiger partial charge in [0.05, 0.1) is 12.9 Å². The van der Waals surface area contributed by atoms with Crippen molar-refractivity contribution in [1.29, 1.82) is 0 Å². The molecule has 162 valence electrons. The van der Waals surface area contributed by atoms with Crippen LogP contribution in [0.15, 0.2) is 36.2 Å². The summed E-state index contributed by atoms with van der Waals surface area (Å²) in [6, 6.07) is 5.90. The molecule has 0 unspecified atom stereocenters. The van der Waals surface area contributed by atoms with Gasteiger partial charge in [0.1, 0.15) is 24.6 Å². The number of fused-ring (bicyclic) bond motifs is 2. The summed E-state index contributed by atoms with van der Waals surface area (Å²) >= 11 is 7.83. The lowest BCUT2D eigenvalue weighted by molar-refractivity contribution is -0.0511. The van der Waals surface area contributed by atoms with E-state index in [0.29, 0.717) is 28.5 Å². The lowest BCUT2D eigenvalue weighted by Crippen LogP contribution is -2.33. The van der Waals surface area contributed by atoms with Crippen LogP contribution in [0.5, 0.6) is 0 Å². The van der Waals surface area contributed by atoms with Crippen LogP contribution in [0.3, 0.4) is 0 Å². The second-order valence-corrected chi connectivity index (χ2v) is 8.70. The van der Waals surface area contributed by atoms with Crippen molar-refractivity contribution in [3.8, 4) is 0 Å². The third-order valence-corrected chi connectivity index (χ3v) is 6.70. The van der Waals surface area contributed by atoms with Gasteiger partial charge in [-0.05, 0) is 40.9 Å². The summed E-state index contributed by atoms with van der Waals surface area (Å²) < 4.78 is 8.33. The first-order chi connectivity index (χ1) is 15.1. The fraction of sp³-hybridized carbons (Fsp3) is 0.350. The zero-order valence-corrected chi connectivity index (χ0v) is 17.8. The Morgan fingerprint density at radius 1 is 1.19 bits per heavy atom. The van der Waals surface area contributed by atoms with Crippen molar-refractivity contribution in [2.24, 2.45) is 0 Å². The lowest BCUT2D eigenvalue weighted by atomic mass is 10.1. The van der Waals surface area contributed by atoms with Gasteiger partial charge in [-0.3, -0.25) is 4.57 Å². The number of aliphatic hydroxyl groups excluding tert-OH is 3. The average molecular weight is 462 g/mol. The molecule has 1 saturated heterocycles. The quantitative estimate of drug-likeness (QED) is 0.343. The molecule has 5 rings (SSSR count). The van der Waals surface area contributed by atoms with Crippen LogP contribution in [0.1, 0.15) is 11.8 Å². The van der Waals surface area contributed by atoms with Crippen LogP contribution in [-0.2, 0) is 11.2 Å². The Morgan fingerprint density at radius 3 is 2.87 bits per heavy atom. The molecule has 4 N–H and O–H groups in total. The Labute approximate surface area is 185 Å². The Bertz CT molecular complexity index is 1230. The van der Waals surface area contributed by atoms with Crippen molar-refractivity contribution in [3.63, 3.8) is 0 Å². The Morgan fingerprint density at radius 2 is 2.06 bits per heavy atom. The van der Waals surface area contributed by atoms with E-state index in [9.17, 15) is 15.3 Å². The van der Waals surface area contributed by atoms with E-state index in [-0.39, 0.29) is 0 Å². The molecule has 31 heavy (non-hydrogen) atoms. The number of thiophene rings is 1. The van der Waals surface area contributed by atoms with E-state index >= 15 is 0 Å². The molecule has 0 saturated carbocycles. The fourth-order valence-corrected chi connectivity index (χ4v) is 4.99. The normalized spacial score (nSPS) is 23.7. The topological polar surface area (TPSA) is 126 Å². The van der Waals surface area contributed by atoms with Crippen molar-refractivity contribution in [2.75, 3.05) is 18.5 Å². The van der Waals surface area contributed by atoms with E-state index in [4.69, 9.17) is 16.3 Å². The summed E-state index contributed by atoms with van der Waals surface area (Å²) in [5.74, 6) is 0.563. The van der Waals surface area contributed by atoms with Gasteiger partial charge >= 0.3 is 0 Å². The first-order valence-electron chi connectivity index (χ1n) is 9.76. The van der Waals surface area contributed by atoms with Gasteiger partial charge in [-0.1, -0.05) is 11.6 Å². The molecule has 0 radical (unpaired) electrons. The van der Waals surface area contributed by atoms with Crippen molar-refractivity contribution in [3.05, 3.63) is 46.8 Å². The van der Waals surface area contributed by atoms with E-state index in [1.54, 1.807) is 15.9 Å². The second kappa shape index (κ2) is 8.30. The summed E-state index contributed by atoms with van der Waals surface area (Å²) in [6.45, 7) is 0.233. The van der Waals surface area contributed by atoms with Crippen LogP contribution in [0.25, 0.3) is 21.3 Å². The highest BCUT2D eigenvalue weighted by molar-refractivity contribution is 7.17. The fourth-order valence-electron chi connectivity index (χ4n) is 3.84. The number of aromatic nitrogens is 4. The van der Waals surface area contributed by atoms with E-state index in [1.807, 2.05) is 18.2 Å². The molecule has 4 atom stereocenters. The summed E-state index contributed by atoms with van der Waals surface area (Å²) in [4.78, 5) is 12.9. The Kier molecular flexibility index (Phi) is 5.51. The highest BCUT2D eigenvalue weighted by Gasteiger charge is 2.44. The second-order valence-electron chi connectivity index (χ2n) is 7.35. The highest BCUT2D eigenvalue weighted by atomic mass is 35.5. The molecule has 1 fully saturated rings. The third kappa shape index (κ3) is 3.65. The molecule has 0 spiro atoms. The molecule has 4 aromatic rings. The minimum atomic E-state index is -1.21. The number of hydrogen-bond donors (Lipinski definition) is 4. The molecular formula is C20H20ClN5O4S. The first-order valence-corrected chi connectivity index (χ1v) is 11.0. The molecule has 1 aliphatic rings. The van der Waals surface area contributed by atoms with Crippen molar-refractivity contribution >= 4 is 50.0 Å². The van der Waals surface area contributed by atoms with Gasteiger partial charge in [0.15, 0.2) is 23.2 Å². The molecule has 9 nitrogen and oxygen atoms in total. The molecule has 4 heterocycles. The summed E-state index contributed by atoms with van der Waals surface area (Å²) in [5.41, 5.74) is 2.19. The monoisotopic (exact) mass is 461 g/mol. The van der Waals surface area contributed by atoms with Gasteiger partial charge < -0.3 is 25.4 Å². The maximum absolute atomic E-state index is 10.3. The number of halogens is 1. The number of nitrogens with one attached hydrogen (secondary N) is 1. The van der Waals surface area contributed by atoms with Crippen LogP contribution >= 0.6 is 22.9 Å². The smallest absolute Gasteiger partial charge is 0.167 e. The van der Waals surface area contributed by atoms with Crippen LogP contribution in [0, 0.1) is 0 Å². The SMILES string of the molecule is OC[C@H]1O[C@@H](n2cnc3c(NCCc4csc5ccc(Cl)cc45)ncnc32)[C@H](O)[C@@H]1O. The summed E-state index contributed by atoms with van der Waals surface area (Å²) in [7, 11) is 0. The van der Waals surface area contributed by atoms with E-state index < -0.39 is 31.1 Å². The number of aliphatic hydroxyl groups is 3. The van der Waals surface area contributed by atoms with Crippen LogP contribution < -0.4 is 5.32 Å². The van der Waals surface area contributed by atoms with Gasteiger partial charge in [0.2, 0.25) is 0 Å². The number of nitrogens with zero attached hydrogens (tertiary/aromatic N) is 4. The van der Waals surface area contributed by atoms with E-state index in [1.165, 1.54) is 22.9 Å². The van der Waals surface area contributed by atoms with E-state index in [2.05, 4.69) is 25.6 Å². The number of anilines is 1. The standard InChI is InChI=1S/C20H20ClN5O4S/c21-11-1-2-14-12(5-11)10(7-31-14)3-4-22-18-15-19(24-8-23-18)26(9-25-15)20-17(29)16(28)13(6-27)30-20/h1-2,5,7-9,13,16-17,20,27-29H,3-4,6H2,(H,22,23,24)/t13-,16-,17-,20-/m1/s1. The molecular weight excluding hydrogens is 442 g/mol. The largest absolute Gasteiger partial charge is 0.394 e. The molecule has 1 aromatic carbocycles. The van der Waals surface area contributed by atoms with Crippen LogP contribution in [0.2, 0.25) is 5.02 Å². The molecule has 0 amide bonds. The van der Waals surface area contributed by atoms with Gasteiger partial charge in [0.25, 0.3) is 0 Å². The highest BCUT2D eigenvalue weighted by Crippen LogP contribution is 2.32. The van der Waals surface area contributed by atoms with Crippen molar-refractivity contribution < 1.29 is 20.1 Å². The average Bonchev–Trinajstić information content (AvgIpc) is 3.45. The minimum Gasteiger partial charge on any atom is -0.394 e. The van der Waals surface area contributed by atoms with Crippen LogP contribution in [-0.4, -0.2) is 66.3 Å². The predicted octanol–water partition coefficient (Wildman–Crippen LogP) is 1.96. The molecule has 0 aliphatic carbocycles. The maximum Gasteiger partial charge on any atom is 0.167 e. The first kappa shape index (κ1) is 20.6. The van der Waals surface area contributed by atoms with Crippen molar-refractivity contribution in [2.45, 2.75) is 31.0 Å². The molecule has 11 heteroatoms. The number of hydrogen-bond acceptors (Lipinski definition) is 9. The number of ether oxygens (including phenoxy) is 1. The zero-order valence-electron chi connectivity index (χ0n) is 16.2. The van der Waals surface area contributed by atoms with Crippen molar-refractivity contribution in [1.82, 2.24) is 19.5 Å². The van der Waals surface area contributed by atoms with E-state index in [0.717, 1.165) is 11.8 Å². The third-order valence-electron chi connectivity index (χ3n) is 5.45. The lowest BCUT2D eigenvalue weighted by Gasteiger charge is -2.16. The summed E-state index contributed by atoms with van der Waals surface area (Å²) in [6.07, 6.45) is -0.502. The molecule has 3 aromatic heterocycles. The van der Waals surface area contributed by atoms with Crippen LogP contribution in [0.4, 0.5) is 5.82 Å². The number of imidazole rings is 1. The maximum atomic E-state index is 10.3. The predicted molar refractivity (Wildman–Crippen MR) is 117 cm³/mol. The Hall–Kier alpha value is -2.34. The number of benzene rings is 1. The Balaban J connectivity index is 1.35.